The van der Waals surface area contributed by atoms with Crippen molar-refractivity contribution in [1.29, 1.82) is 0 Å². The van der Waals surface area contributed by atoms with E-state index in [1.165, 1.54) is 105 Å². The minimum Gasteiger partial charge on any atom is -0.309 e. The molecule has 3 atom stereocenters. The number of rotatable bonds is 3. The van der Waals surface area contributed by atoms with E-state index in [9.17, 15) is 0 Å². The second-order valence-electron chi connectivity index (χ2n) is 19.4. The van der Waals surface area contributed by atoms with Crippen molar-refractivity contribution in [3.63, 3.8) is 0 Å². The van der Waals surface area contributed by atoms with Gasteiger partial charge >= 0.3 is 0 Å². The largest absolute Gasteiger partial charge is 0.309 e. The lowest BCUT2D eigenvalue weighted by atomic mass is 9.64. The first-order chi connectivity index (χ1) is 32.6. The highest BCUT2D eigenvalue weighted by molar-refractivity contribution is 6.14. The second-order valence-corrected chi connectivity index (χ2v) is 19.4. The predicted octanol–water partition coefficient (Wildman–Crippen LogP) is 16.0. The van der Waals surface area contributed by atoms with Gasteiger partial charge in [0, 0.05) is 49.4 Å². The lowest BCUT2D eigenvalue weighted by molar-refractivity contribution is 0.578. The van der Waals surface area contributed by atoms with Crippen molar-refractivity contribution in [2.45, 2.75) is 32.1 Å². The lowest BCUT2D eigenvalue weighted by Gasteiger charge is -2.37. The topological polar surface area (TPSA) is 14.8 Å². The molecule has 4 aliphatic carbocycles. The molecule has 0 aliphatic heterocycles. The van der Waals surface area contributed by atoms with E-state index in [0.29, 0.717) is 11.8 Å². The number of para-hydroxylation sites is 4. The Labute approximate surface area is 383 Å². The van der Waals surface area contributed by atoms with Crippen LogP contribution in [-0.2, 0) is 5.41 Å². The van der Waals surface area contributed by atoms with E-state index in [1.54, 1.807) is 11.1 Å². The van der Waals surface area contributed by atoms with Crippen molar-refractivity contribution in [3.8, 4) is 17.1 Å². The van der Waals surface area contributed by atoms with Gasteiger partial charge in [-0.1, -0.05) is 141 Å². The van der Waals surface area contributed by atoms with Gasteiger partial charge in [0.2, 0.25) is 0 Å². The van der Waals surface area contributed by atoms with Crippen molar-refractivity contribution in [2.24, 2.45) is 11.8 Å². The van der Waals surface area contributed by atoms with Gasteiger partial charge in [-0.2, -0.15) is 0 Å². The quantitative estimate of drug-likeness (QED) is 0.168. The fourth-order valence-electron chi connectivity index (χ4n) is 13.1. The van der Waals surface area contributed by atoms with Gasteiger partial charge in [-0.05, 0) is 142 Å². The van der Waals surface area contributed by atoms with Crippen molar-refractivity contribution in [2.75, 3.05) is 0 Å². The maximum Gasteiger partial charge on any atom is 0.0651 e. The SMILES string of the molecule is CC1C=CC2=C(C1)C1(C3=C(C=CC(C)C3)c3cc(-n4c5ccc(-n6c7ccccc7c7ccccc76)cc5c5cc(-n6c7ccccc7c7ccccc76)ccc54)ccc31)c1ccccc12. The standard InChI is InChI=1S/C63H45N3/c1-38-23-28-44-43-13-3-8-18-53(43)63(55(44)33-38)54-30-25-40(35-50(54)45-29-24-39(2)34-56(45)63)66-61-31-26-41(64-57-19-9-4-14-46(57)47-15-5-10-20-58(47)64)36-51(61)52-37-42(27-32-62(52)66)65-59-21-11-6-16-48(59)49-17-7-12-22-60(49)65/h3-32,35-39H,33-34H2,1-2H3. The van der Waals surface area contributed by atoms with E-state index in [2.05, 4.69) is 228 Å². The molecule has 0 bridgehead atoms. The van der Waals surface area contributed by atoms with E-state index < -0.39 is 0 Å². The first kappa shape index (κ1) is 36.5. The minimum absolute atomic E-state index is 0.248. The molecule has 3 heterocycles. The third kappa shape index (κ3) is 4.62. The molecular formula is C63H45N3. The van der Waals surface area contributed by atoms with Crippen LogP contribution in [0.4, 0.5) is 0 Å². The van der Waals surface area contributed by atoms with Crippen molar-refractivity contribution in [1.82, 2.24) is 13.7 Å². The van der Waals surface area contributed by atoms with Crippen molar-refractivity contribution in [3.05, 3.63) is 234 Å². The number of allylic oxidation sites excluding steroid dienone is 8. The number of aromatic nitrogens is 3. The molecule has 8 aromatic carbocycles. The number of hydrogen-bond acceptors (Lipinski definition) is 0. The smallest absolute Gasteiger partial charge is 0.0651 e. The molecule has 0 amide bonds. The van der Waals surface area contributed by atoms with Crippen LogP contribution in [0.5, 0.6) is 0 Å². The lowest BCUT2D eigenvalue weighted by Crippen LogP contribution is -2.31. The molecule has 15 rings (SSSR count). The van der Waals surface area contributed by atoms with Gasteiger partial charge in [-0.25, -0.2) is 0 Å². The van der Waals surface area contributed by atoms with E-state index >= 15 is 0 Å². The van der Waals surface area contributed by atoms with Gasteiger partial charge in [0.15, 0.2) is 0 Å². The Morgan fingerprint density at radius 3 is 1.24 bits per heavy atom. The highest BCUT2D eigenvalue weighted by Crippen LogP contribution is 2.65. The molecule has 3 heteroatoms. The molecule has 0 N–H and O–H groups in total. The fourth-order valence-corrected chi connectivity index (χ4v) is 13.1. The molecule has 0 fully saturated rings. The molecule has 11 aromatic rings. The zero-order valence-corrected chi connectivity index (χ0v) is 37.0. The molecule has 0 radical (unpaired) electrons. The molecular weight excluding hydrogens is 799 g/mol. The number of fused-ring (bicyclic) bond motifs is 17. The average molecular weight is 844 g/mol. The first-order valence-electron chi connectivity index (χ1n) is 23.7. The number of nitrogens with zero attached hydrogens (tertiary/aromatic N) is 3. The highest BCUT2D eigenvalue weighted by Gasteiger charge is 2.54. The van der Waals surface area contributed by atoms with Gasteiger partial charge in [-0.15, -0.1) is 0 Å². The van der Waals surface area contributed by atoms with Gasteiger partial charge in [0.1, 0.15) is 0 Å². The Hall–Kier alpha value is -7.88. The molecule has 0 saturated carbocycles. The van der Waals surface area contributed by atoms with Crippen LogP contribution in [0.3, 0.4) is 0 Å². The van der Waals surface area contributed by atoms with Crippen LogP contribution in [0.1, 0.15) is 48.9 Å². The summed E-state index contributed by atoms with van der Waals surface area (Å²) in [6.45, 7) is 4.78. The summed E-state index contributed by atoms with van der Waals surface area (Å²) in [6.07, 6.45) is 11.9. The molecule has 3 unspecified atom stereocenters. The zero-order chi connectivity index (χ0) is 43.4. The minimum atomic E-state index is -0.248. The molecule has 0 saturated heterocycles. The van der Waals surface area contributed by atoms with Crippen LogP contribution in [0.2, 0.25) is 0 Å². The van der Waals surface area contributed by atoms with Crippen molar-refractivity contribution >= 4 is 76.6 Å². The number of benzene rings is 8. The third-order valence-corrected chi connectivity index (χ3v) is 15.8. The Morgan fingerprint density at radius 2 is 0.742 bits per heavy atom. The Bertz CT molecular complexity index is 3820. The van der Waals surface area contributed by atoms with Gasteiger partial charge < -0.3 is 13.7 Å². The monoisotopic (exact) mass is 843 g/mol. The first-order valence-corrected chi connectivity index (χ1v) is 23.7. The Morgan fingerprint density at radius 1 is 0.364 bits per heavy atom. The normalized spacial score (nSPS) is 19.7. The molecule has 1 spiro atoms. The zero-order valence-electron chi connectivity index (χ0n) is 37.0. The van der Waals surface area contributed by atoms with E-state index in [-0.39, 0.29) is 5.41 Å². The number of hydrogen-bond donors (Lipinski definition) is 0. The maximum atomic E-state index is 2.54. The second kappa shape index (κ2) is 13.1. The van der Waals surface area contributed by atoms with Gasteiger partial charge in [0.05, 0.1) is 38.5 Å². The third-order valence-electron chi connectivity index (χ3n) is 15.8. The molecule has 312 valence electrons. The fraction of sp³-hybridized carbons (Fsp3) is 0.111. The van der Waals surface area contributed by atoms with Crippen LogP contribution in [0.15, 0.2) is 211 Å². The predicted molar refractivity (Wildman–Crippen MR) is 276 cm³/mol. The van der Waals surface area contributed by atoms with E-state index in [0.717, 1.165) is 24.2 Å². The molecule has 66 heavy (non-hydrogen) atoms. The summed E-state index contributed by atoms with van der Waals surface area (Å²) >= 11 is 0. The molecule has 3 nitrogen and oxygen atoms in total. The summed E-state index contributed by atoms with van der Waals surface area (Å²) in [4.78, 5) is 0. The van der Waals surface area contributed by atoms with E-state index in [1.807, 2.05) is 0 Å². The van der Waals surface area contributed by atoms with E-state index in [4.69, 9.17) is 0 Å². The average Bonchev–Trinajstić information content (AvgIpc) is 4.13. The Balaban J connectivity index is 1.01. The summed E-state index contributed by atoms with van der Waals surface area (Å²) in [5.74, 6) is 0.976. The van der Waals surface area contributed by atoms with Crippen LogP contribution < -0.4 is 0 Å². The van der Waals surface area contributed by atoms with Crippen LogP contribution in [0.25, 0.3) is 93.6 Å². The Kier molecular flexibility index (Phi) is 7.24. The van der Waals surface area contributed by atoms with Gasteiger partial charge in [-0.3, -0.25) is 0 Å². The maximum absolute atomic E-state index is 2.54. The molecule has 3 aromatic heterocycles. The summed E-state index contributed by atoms with van der Waals surface area (Å²) in [5, 5.41) is 7.55. The van der Waals surface area contributed by atoms with Crippen LogP contribution in [0, 0.1) is 11.8 Å². The summed E-state index contributed by atoms with van der Waals surface area (Å²) in [7, 11) is 0. The van der Waals surface area contributed by atoms with Gasteiger partial charge in [0.25, 0.3) is 0 Å². The highest BCUT2D eigenvalue weighted by atomic mass is 15.0. The van der Waals surface area contributed by atoms with Crippen LogP contribution in [-0.4, -0.2) is 13.7 Å². The summed E-state index contributed by atoms with van der Waals surface area (Å²) in [5.41, 5.74) is 22.2. The summed E-state index contributed by atoms with van der Waals surface area (Å²) in [6, 6.07) is 66.4. The summed E-state index contributed by atoms with van der Waals surface area (Å²) < 4.78 is 7.44. The van der Waals surface area contributed by atoms with Crippen LogP contribution >= 0.6 is 0 Å². The van der Waals surface area contributed by atoms with Crippen molar-refractivity contribution < 1.29 is 0 Å². The molecule has 4 aliphatic rings.